The van der Waals surface area contributed by atoms with E-state index in [4.69, 9.17) is 6.42 Å². The van der Waals surface area contributed by atoms with Crippen LogP contribution in [0.25, 0.3) is 0 Å². The van der Waals surface area contributed by atoms with Crippen molar-refractivity contribution >= 4 is 15.7 Å². The standard InChI is InChI=1S/C17H25N3O2S/c1-4-13-23(21,22)18-14-17(20-11-5-6-12-20)15-7-9-16(10-8-15)19(2)3/h1,7-10,17-18H,5-6,11-14H2,2-3H3/t17-/m1/s1. The summed E-state index contributed by atoms with van der Waals surface area (Å²) in [4.78, 5) is 4.38. The minimum absolute atomic E-state index is 0.0428. The molecule has 1 N–H and O–H groups in total. The molecule has 0 bridgehead atoms. The number of hydrogen-bond acceptors (Lipinski definition) is 4. The van der Waals surface area contributed by atoms with Crippen LogP contribution in [0.2, 0.25) is 0 Å². The number of terminal acetylenes is 1. The summed E-state index contributed by atoms with van der Waals surface area (Å²) in [6.45, 7) is 2.35. The van der Waals surface area contributed by atoms with Gasteiger partial charge in [0.05, 0.1) is 0 Å². The van der Waals surface area contributed by atoms with E-state index in [0.29, 0.717) is 6.54 Å². The minimum Gasteiger partial charge on any atom is -0.378 e. The summed E-state index contributed by atoms with van der Waals surface area (Å²) in [7, 11) is 0.595. The maximum atomic E-state index is 11.8. The Bertz CT molecular complexity index is 641. The molecule has 1 aromatic carbocycles. The molecule has 5 nitrogen and oxygen atoms in total. The second-order valence-electron chi connectivity index (χ2n) is 6.06. The van der Waals surface area contributed by atoms with E-state index in [1.807, 2.05) is 19.0 Å². The van der Waals surface area contributed by atoms with Crippen LogP contribution in [0.15, 0.2) is 24.3 Å². The highest BCUT2D eigenvalue weighted by Gasteiger charge is 2.25. The predicted molar refractivity (Wildman–Crippen MR) is 94.9 cm³/mol. The largest absolute Gasteiger partial charge is 0.378 e. The monoisotopic (exact) mass is 335 g/mol. The average molecular weight is 335 g/mol. The zero-order valence-corrected chi connectivity index (χ0v) is 14.6. The number of anilines is 1. The Labute approximate surface area is 139 Å². The number of nitrogens with one attached hydrogen (secondary N) is 1. The first-order valence-corrected chi connectivity index (χ1v) is 9.50. The molecule has 0 spiro atoms. The quantitative estimate of drug-likeness (QED) is 0.766. The Balaban J connectivity index is 2.15. The first-order chi connectivity index (χ1) is 10.9. The van der Waals surface area contributed by atoms with Crippen LogP contribution in [0.4, 0.5) is 5.69 Å². The molecule has 0 amide bonds. The number of hydrogen-bond donors (Lipinski definition) is 1. The van der Waals surface area contributed by atoms with Crippen LogP contribution >= 0.6 is 0 Å². The third kappa shape index (κ3) is 4.96. The lowest BCUT2D eigenvalue weighted by Crippen LogP contribution is -2.37. The molecule has 0 aromatic heterocycles. The van der Waals surface area contributed by atoms with Gasteiger partial charge in [0.25, 0.3) is 0 Å². The van der Waals surface area contributed by atoms with Gasteiger partial charge in [0.15, 0.2) is 0 Å². The van der Waals surface area contributed by atoms with Crippen molar-refractivity contribution in [1.82, 2.24) is 9.62 Å². The number of rotatable bonds is 7. The van der Waals surface area contributed by atoms with Gasteiger partial charge in [-0.2, -0.15) is 0 Å². The molecule has 0 aliphatic carbocycles. The van der Waals surface area contributed by atoms with Crippen molar-refractivity contribution in [2.45, 2.75) is 18.9 Å². The second kappa shape index (κ2) is 7.82. The molecule has 1 saturated heterocycles. The summed E-state index contributed by atoms with van der Waals surface area (Å²) in [6, 6.07) is 8.32. The lowest BCUT2D eigenvalue weighted by Gasteiger charge is -2.28. The van der Waals surface area contributed by atoms with Gasteiger partial charge in [-0.1, -0.05) is 18.1 Å². The van der Waals surface area contributed by atoms with Gasteiger partial charge >= 0.3 is 0 Å². The van der Waals surface area contributed by atoms with Crippen molar-refractivity contribution < 1.29 is 8.42 Å². The van der Waals surface area contributed by atoms with Gasteiger partial charge in [0.1, 0.15) is 5.75 Å². The van der Waals surface area contributed by atoms with Gasteiger partial charge in [0.2, 0.25) is 10.0 Å². The van der Waals surface area contributed by atoms with Gasteiger partial charge in [0, 0.05) is 32.4 Å². The maximum Gasteiger partial charge on any atom is 0.222 e. The summed E-state index contributed by atoms with van der Waals surface area (Å²) in [5, 5.41) is 0. The van der Waals surface area contributed by atoms with E-state index >= 15 is 0 Å². The molecule has 1 fully saturated rings. The van der Waals surface area contributed by atoms with Crippen molar-refractivity contribution in [2.75, 3.05) is 44.4 Å². The van der Waals surface area contributed by atoms with Crippen LogP contribution in [-0.2, 0) is 10.0 Å². The van der Waals surface area contributed by atoms with Crippen LogP contribution < -0.4 is 9.62 Å². The van der Waals surface area contributed by atoms with Gasteiger partial charge in [-0.25, -0.2) is 13.1 Å². The van der Waals surface area contributed by atoms with E-state index < -0.39 is 10.0 Å². The number of sulfonamides is 1. The van der Waals surface area contributed by atoms with Crippen LogP contribution in [0, 0.1) is 12.3 Å². The van der Waals surface area contributed by atoms with E-state index in [2.05, 4.69) is 39.8 Å². The SMILES string of the molecule is C#CCS(=O)(=O)NC[C@H](c1ccc(N(C)C)cc1)N1CCCC1. The molecule has 2 rings (SSSR count). The highest BCUT2D eigenvalue weighted by molar-refractivity contribution is 7.89. The van der Waals surface area contributed by atoms with Crippen LogP contribution in [-0.4, -0.2) is 52.8 Å². The molecule has 23 heavy (non-hydrogen) atoms. The topological polar surface area (TPSA) is 52.7 Å². The highest BCUT2D eigenvalue weighted by Crippen LogP contribution is 2.26. The lowest BCUT2D eigenvalue weighted by molar-refractivity contribution is 0.246. The van der Waals surface area contributed by atoms with E-state index in [9.17, 15) is 8.42 Å². The minimum atomic E-state index is -3.41. The van der Waals surface area contributed by atoms with Crippen molar-refractivity contribution in [1.29, 1.82) is 0 Å². The number of nitrogens with zero attached hydrogens (tertiary/aromatic N) is 2. The molecule has 126 valence electrons. The molecule has 1 aromatic rings. The highest BCUT2D eigenvalue weighted by atomic mass is 32.2. The van der Waals surface area contributed by atoms with Crippen molar-refractivity contribution in [3.05, 3.63) is 29.8 Å². The fourth-order valence-corrected chi connectivity index (χ4v) is 3.61. The normalized spacial score (nSPS) is 16.9. The predicted octanol–water partition coefficient (Wildman–Crippen LogP) is 1.44. The van der Waals surface area contributed by atoms with Crippen LogP contribution in [0.1, 0.15) is 24.4 Å². The zero-order valence-electron chi connectivity index (χ0n) is 13.8. The van der Waals surface area contributed by atoms with Crippen molar-refractivity contribution in [2.24, 2.45) is 0 Å². The van der Waals surface area contributed by atoms with Crippen molar-refractivity contribution in [3.63, 3.8) is 0 Å². The Kier molecular flexibility index (Phi) is 6.05. The Morgan fingerprint density at radius 1 is 1.26 bits per heavy atom. The smallest absolute Gasteiger partial charge is 0.222 e. The van der Waals surface area contributed by atoms with Gasteiger partial charge < -0.3 is 4.90 Å². The number of likely N-dealkylation sites (tertiary alicyclic amines) is 1. The molecule has 0 radical (unpaired) electrons. The first-order valence-electron chi connectivity index (χ1n) is 7.85. The lowest BCUT2D eigenvalue weighted by atomic mass is 10.1. The molecule has 1 aliphatic heterocycles. The van der Waals surface area contributed by atoms with E-state index in [1.54, 1.807) is 0 Å². The van der Waals surface area contributed by atoms with E-state index in [0.717, 1.165) is 37.2 Å². The molecule has 1 aliphatic rings. The summed E-state index contributed by atoms with van der Waals surface area (Å²) in [5.74, 6) is 1.91. The fourth-order valence-electron chi connectivity index (χ4n) is 2.87. The number of benzene rings is 1. The Hall–Kier alpha value is -1.55. The maximum absolute atomic E-state index is 11.8. The Morgan fingerprint density at radius 2 is 1.87 bits per heavy atom. The van der Waals surface area contributed by atoms with Crippen molar-refractivity contribution in [3.8, 4) is 12.3 Å². The molecular formula is C17H25N3O2S. The molecule has 0 saturated carbocycles. The van der Waals surface area contributed by atoms with E-state index in [-0.39, 0.29) is 11.8 Å². The fraction of sp³-hybridized carbons (Fsp3) is 0.529. The van der Waals surface area contributed by atoms with Gasteiger partial charge in [-0.05, 0) is 43.6 Å². The zero-order chi connectivity index (χ0) is 16.9. The third-order valence-electron chi connectivity index (χ3n) is 4.15. The van der Waals surface area contributed by atoms with Crippen LogP contribution in [0.3, 0.4) is 0 Å². The van der Waals surface area contributed by atoms with Gasteiger partial charge in [-0.3, -0.25) is 4.90 Å². The van der Waals surface area contributed by atoms with Crippen LogP contribution in [0.5, 0.6) is 0 Å². The van der Waals surface area contributed by atoms with E-state index in [1.165, 1.54) is 0 Å². The summed E-state index contributed by atoms with van der Waals surface area (Å²) >= 11 is 0. The van der Waals surface area contributed by atoms with Gasteiger partial charge in [-0.15, -0.1) is 6.42 Å². The molecule has 6 heteroatoms. The third-order valence-corrected chi connectivity index (χ3v) is 5.30. The second-order valence-corrected chi connectivity index (χ2v) is 7.86. The summed E-state index contributed by atoms with van der Waals surface area (Å²) in [5.41, 5.74) is 2.25. The first kappa shape index (κ1) is 17.8. The Morgan fingerprint density at radius 3 is 2.39 bits per heavy atom. The summed E-state index contributed by atoms with van der Waals surface area (Å²) in [6.07, 6.45) is 7.43. The molecule has 1 heterocycles. The molecular weight excluding hydrogens is 310 g/mol. The molecule has 0 unspecified atom stereocenters. The average Bonchev–Trinajstić information content (AvgIpc) is 3.02. The summed E-state index contributed by atoms with van der Waals surface area (Å²) < 4.78 is 26.3. The molecule has 1 atom stereocenters.